The molecule has 0 bridgehead atoms. The van der Waals surface area contributed by atoms with Gasteiger partial charge in [0.1, 0.15) is 23.0 Å². The van der Waals surface area contributed by atoms with Crippen LogP contribution in [0.25, 0.3) is 17.0 Å². The van der Waals surface area contributed by atoms with Crippen LogP contribution in [-0.4, -0.2) is 40.0 Å². The average molecular weight is 301 g/mol. The molecule has 3 aromatic heterocycles. The molecule has 116 valence electrons. The van der Waals surface area contributed by atoms with Crippen LogP contribution in [0.2, 0.25) is 0 Å². The summed E-state index contributed by atoms with van der Waals surface area (Å²) >= 11 is 0. The third-order valence-corrected chi connectivity index (χ3v) is 3.57. The SMILES string of the molecule is COCCNc1c(C)c(C)nc2cc(-c3cc(C)on3)nn12. The first-order valence-corrected chi connectivity index (χ1v) is 7.13. The minimum Gasteiger partial charge on any atom is -0.383 e. The zero-order valence-corrected chi connectivity index (χ0v) is 13.2. The van der Waals surface area contributed by atoms with E-state index in [0.717, 1.165) is 34.2 Å². The van der Waals surface area contributed by atoms with Crippen LogP contribution < -0.4 is 5.32 Å². The number of hydrogen-bond acceptors (Lipinski definition) is 6. The van der Waals surface area contributed by atoms with E-state index in [1.165, 1.54) is 0 Å². The molecule has 0 fully saturated rings. The molecule has 3 rings (SSSR count). The second kappa shape index (κ2) is 5.76. The molecule has 7 nitrogen and oxygen atoms in total. The smallest absolute Gasteiger partial charge is 0.158 e. The Morgan fingerprint density at radius 2 is 2.05 bits per heavy atom. The molecular formula is C15H19N5O2. The maximum absolute atomic E-state index is 5.12. The van der Waals surface area contributed by atoms with Gasteiger partial charge < -0.3 is 14.6 Å². The first kappa shape index (κ1) is 14.5. The molecule has 0 radical (unpaired) electrons. The molecule has 3 heterocycles. The van der Waals surface area contributed by atoms with Crippen LogP contribution >= 0.6 is 0 Å². The van der Waals surface area contributed by atoms with Crippen LogP contribution in [0.5, 0.6) is 0 Å². The second-order valence-electron chi connectivity index (χ2n) is 5.21. The number of methoxy groups -OCH3 is 1. The van der Waals surface area contributed by atoms with Crippen molar-refractivity contribution in [2.24, 2.45) is 0 Å². The highest BCUT2D eigenvalue weighted by molar-refractivity contribution is 5.64. The number of aromatic nitrogens is 4. The fourth-order valence-corrected chi connectivity index (χ4v) is 2.29. The third kappa shape index (κ3) is 2.55. The Morgan fingerprint density at radius 1 is 1.23 bits per heavy atom. The Balaban J connectivity index is 2.08. The number of rotatable bonds is 5. The highest BCUT2D eigenvalue weighted by atomic mass is 16.5. The summed E-state index contributed by atoms with van der Waals surface area (Å²) in [6.45, 7) is 7.20. The van der Waals surface area contributed by atoms with Gasteiger partial charge in [0, 0.05) is 37.0 Å². The zero-order valence-electron chi connectivity index (χ0n) is 13.2. The predicted octanol–water partition coefficient (Wildman–Crippen LogP) is 2.37. The number of fused-ring (bicyclic) bond motifs is 1. The lowest BCUT2D eigenvalue weighted by Crippen LogP contribution is -2.13. The van der Waals surface area contributed by atoms with Crippen molar-refractivity contribution >= 4 is 11.5 Å². The number of nitrogens with one attached hydrogen (secondary N) is 1. The predicted molar refractivity (Wildman–Crippen MR) is 83.1 cm³/mol. The third-order valence-electron chi connectivity index (χ3n) is 3.57. The first-order valence-electron chi connectivity index (χ1n) is 7.13. The summed E-state index contributed by atoms with van der Waals surface area (Å²) in [5, 5.41) is 12.0. The van der Waals surface area contributed by atoms with Gasteiger partial charge in [0.25, 0.3) is 0 Å². The molecule has 0 aliphatic heterocycles. The monoisotopic (exact) mass is 301 g/mol. The van der Waals surface area contributed by atoms with Gasteiger partial charge in [0.15, 0.2) is 5.65 Å². The highest BCUT2D eigenvalue weighted by Gasteiger charge is 2.15. The van der Waals surface area contributed by atoms with E-state index >= 15 is 0 Å². The maximum atomic E-state index is 5.12. The molecule has 7 heteroatoms. The molecular weight excluding hydrogens is 282 g/mol. The van der Waals surface area contributed by atoms with Crippen LogP contribution in [0.15, 0.2) is 16.7 Å². The van der Waals surface area contributed by atoms with Gasteiger partial charge in [-0.15, -0.1) is 0 Å². The standard InChI is InChI=1S/C15H19N5O2/c1-9-7-13(19-22-9)12-8-14-17-11(3)10(2)15(20(14)18-12)16-5-6-21-4/h7-8,16H,5-6H2,1-4H3. The summed E-state index contributed by atoms with van der Waals surface area (Å²) in [7, 11) is 1.68. The van der Waals surface area contributed by atoms with E-state index in [4.69, 9.17) is 9.26 Å². The Kier molecular flexibility index (Phi) is 3.81. The van der Waals surface area contributed by atoms with Gasteiger partial charge in [-0.2, -0.15) is 9.61 Å². The second-order valence-corrected chi connectivity index (χ2v) is 5.21. The number of anilines is 1. The van der Waals surface area contributed by atoms with Crippen molar-refractivity contribution in [1.29, 1.82) is 0 Å². The highest BCUT2D eigenvalue weighted by Crippen LogP contribution is 2.24. The minimum absolute atomic E-state index is 0.624. The zero-order chi connectivity index (χ0) is 15.7. The molecule has 0 unspecified atom stereocenters. The van der Waals surface area contributed by atoms with E-state index in [0.29, 0.717) is 18.8 Å². The van der Waals surface area contributed by atoms with Gasteiger partial charge in [-0.1, -0.05) is 5.16 Å². The molecule has 0 saturated carbocycles. The average Bonchev–Trinajstić information content (AvgIpc) is 3.09. The van der Waals surface area contributed by atoms with E-state index in [2.05, 4.69) is 20.6 Å². The van der Waals surface area contributed by atoms with Gasteiger partial charge in [-0.3, -0.25) is 0 Å². The van der Waals surface area contributed by atoms with Crippen molar-refractivity contribution < 1.29 is 9.26 Å². The van der Waals surface area contributed by atoms with Gasteiger partial charge >= 0.3 is 0 Å². The summed E-state index contributed by atoms with van der Waals surface area (Å²) in [6, 6.07) is 3.77. The van der Waals surface area contributed by atoms with E-state index in [9.17, 15) is 0 Å². The lowest BCUT2D eigenvalue weighted by Gasteiger charge is -2.12. The number of aryl methyl sites for hydroxylation is 2. The molecule has 22 heavy (non-hydrogen) atoms. The molecule has 0 aromatic carbocycles. The molecule has 1 N–H and O–H groups in total. The molecule has 3 aromatic rings. The number of ether oxygens (including phenoxy) is 1. The van der Waals surface area contributed by atoms with Crippen LogP contribution in [0.4, 0.5) is 5.82 Å². The van der Waals surface area contributed by atoms with Crippen LogP contribution in [-0.2, 0) is 4.74 Å². The Bertz CT molecular complexity index is 806. The lowest BCUT2D eigenvalue weighted by atomic mass is 10.2. The largest absolute Gasteiger partial charge is 0.383 e. The quantitative estimate of drug-likeness (QED) is 0.729. The van der Waals surface area contributed by atoms with Crippen molar-refractivity contribution in [3.63, 3.8) is 0 Å². The van der Waals surface area contributed by atoms with Gasteiger partial charge in [0.2, 0.25) is 0 Å². The Labute approximate surface area is 128 Å². The summed E-state index contributed by atoms with van der Waals surface area (Å²) < 4.78 is 12.0. The van der Waals surface area contributed by atoms with Crippen molar-refractivity contribution in [1.82, 2.24) is 19.8 Å². The molecule has 0 spiro atoms. The Hall–Kier alpha value is -2.41. The van der Waals surface area contributed by atoms with E-state index in [1.807, 2.05) is 32.9 Å². The normalized spacial score (nSPS) is 11.3. The fourth-order valence-electron chi connectivity index (χ4n) is 2.29. The molecule has 0 amide bonds. The van der Waals surface area contributed by atoms with Crippen molar-refractivity contribution in [2.75, 3.05) is 25.6 Å². The van der Waals surface area contributed by atoms with Crippen molar-refractivity contribution in [3.05, 3.63) is 29.2 Å². The summed E-state index contributed by atoms with van der Waals surface area (Å²) in [5.74, 6) is 1.68. The molecule has 0 aliphatic carbocycles. The first-order chi connectivity index (χ1) is 10.6. The van der Waals surface area contributed by atoms with Crippen LogP contribution in [0.1, 0.15) is 17.0 Å². The van der Waals surface area contributed by atoms with Crippen molar-refractivity contribution in [2.45, 2.75) is 20.8 Å². The van der Waals surface area contributed by atoms with Crippen molar-refractivity contribution in [3.8, 4) is 11.4 Å². The van der Waals surface area contributed by atoms with Crippen LogP contribution in [0.3, 0.4) is 0 Å². The fraction of sp³-hybridized carbons (Fsp3) is 0.400. The van der Waals surface area contributed by atoms with E-state index in [1.54, 1.807) is 11.6 Å². The maximum Gasteiger partial charge on any atom is 0.158 e. The summed E-state index contributed by atoms with van der Waals surface area (Å²) in [5.41, 5.74) is 4.26. The van der Waals surface area contributed by atoms with Gasteiger partial charge in [0.05, 0.1) is 6.61 Å². The van der Waals surface area contributed by atoms with Gasteiger partial charge in [-0.25, -0.2) is 4.98 Å². The molecule has 0 atom stereocenters. The number of hydrogen-bond donors (Lipinski definition) is 1. The summed E-state index contributed by atoms with van der Waals surface area (Å²) in [4.78, 5) is 4.59. The summed E-state index contributed by atoms with van der Waals surface area (Å²) in [6.07, 6.45) is 0. The molecule has 0 saturated heterocycles. The topological polar surface area (TPSA) is 77.5 Å². The van der Waals surface area contributed by atoms with Gasteiger partial charge in [-0.05, 0) is 20.8 Å². The minimum atomic E-state index is 0.624. The lowest BCUT2D eigenvalue weighted by molar-refractivity contribution is 0.210. The molecule has 0 aliphatic rings. The van der Waals surface area contributed by atoms with E-state index in [-0.39, 0.29) is 0 Å². The Morgan fingerprint density at radius 3 is 2.73 bits per heavy atom. The van der Waals surface area contributed by atoms with Crippen LogP contribution in [0, 0.1) is 20.8 Å². The van der Waals surface area contributed by atoms with E-state index < -0.39 is 0 Å². The number of nitrogens with zero attached hydrogens (tertiary/aromatic N) is 4.